The van der Waals surface area contributed by atoms with E-state index in [1.165, 1.54) is 0 Å². The Morgan fingerprint density at radius 2 is 2.10 bits per heavy atom. The van der Waals surface area contributed by atoms with Gasteiger partial charge in [-0.25, -0.2) is 9.97 Å². The standard InChI is InChI=1S/C22H25N5O2/c1-13(2)28-16-4-5-18(23)17(11-16)22(24)15-6-8-25-21(10-15)27-9-7-19-20(12-27)29-14(3)26-19/h4-6,8,10-11,13,24H,7,9,12,23H2,1-3H3. The molecule has 0 radical (unpaired) electrons. The summed E-state index contributed by atoms with van der Waals surface area (Å²) in [4.78, 5) is 11.1. The molecule has 0 aliphatic carbocycles. The normalized spacial score (nSPS) is 13.4. The Hall–Kier alpha value is -3.35. The van der Waals surface area contributed by atoms with Crippen LogP contribution in [0.5, 0.6) is 5.75 Å². The van der Waals surface area contributed by atoms with Gasteiger partial charge in [0.15, 0.2) is 5.89 Å². The average Bonchev–Trinajstić information content (AvgIpc) is 3.08. The maximum absolute atomic E-state index is 8.71. The highest BCUT2D eigenvalue weighted by Crippen LogP contribution is 2.27. The number of benzene rings is 1. The van der Waals surface area contributed by atoms with Crippen LogP contribution in [-0.2, 0) is 13.0 Å². The number of anilines is 2. The van der Waals surface area contributed by atoms with E-state index in [9.17, 15) is 0 Å². The fourth-order valence-electron chi connectivity index (χ4n) is 3.52. The van der Waals surface area contributed by atoms with E-state index in [1.807, 2.05) is 45.0 Å². The number of fused-ring (bicyclic) bond motifs is 1. The van der Waals surface area contributed by atoms with Gasteiger partial charge in [0, 0.05) is 42.9 Å². The van der Waals surface area contributed by atoms with Crippen molar-refractivity contribution in [1.82, 2.24) is 9.97 Å². The third kappa shape index (κ3) is 3.94. The molecule has 29 heavy (non-hydrogen) atoms. The molecule has 1 aliphatic rings. The molecule has 7 heteroatoms. The number of nitrogens with zero attached hydrogens (tertiary/aromatic N) is 3. The van der Waals surface area contributed by atoms with Crippen molar-refractivity contribution < 1.29 is 9.15 Å². The van der Waals surface area contributed by atoms with Gasteiger partial charge in [0.05, 0.1) is 24.1 Å². The Balaban J connectivity index is 1.60. The van der Waals surface area contributed by atoms with Crippen molar-refractivity contribution >= 4 is 17.2 Å². The summed E-state index contributed by atoms with van der Waals surface area (Å²) in [5, 5.41) is 8.71. The molecule has 3 N–H and O–H groups in total. The predicted molar refractivity (Wildman–Crippen MR) is 113 cm³/mol. The molecule has 1 aromatic carbocycles. The number of ether oxygens (including phenoxy) is 1. The summed E-state index contributed by atoms with van der Waals surface area (Å²) in [6.07, 6.45) is 2.60. The second kappa shape index (κ2) is 7.58. The lowest BCUT2D eigenvalue weighted by molar-refractivity contribution is 0.242. The summed E-state index contributed by atoms with van der Waals surface area (Å²) >= 11 is 0. The highest BCUT2D eigenvalue weighted by molar-refractivity contribution is 6.14. The van der Waals surface area contributed by atoms with Crippen molar-refractivity contribution in [3.8, 4) is 5.75 Å². The maximum atomic E-state index is 8.71. The van der Waals surface area contributed by atoms with Crippen LogP contribution >= 0.6 is 0 Å². The number of hydrogen-bond donors (Lipinski definition) is 2. The van der Waals surface area contributed by atoms with Crippen molar-refractivity contribution in [2.45, 2.75) is 39.8 Å². The number of nitrogen functional groups attached to an aromatic ring is 1. The molecular weight excluding hydrogens is 366 g/mol. The maximum Gasteiger partial charge on any atom is 0.191 e. The first-order valence-corrected chi connectivity index (χ1v) is 9.72. The monoisotopic (exact) mass is 391 g/mol. The molecule has 4 rings (SSSR count). The number of nitrogens with one attached hydrogen (secondary N) is 1. The van der Waals surface area contributed by atoms with E-state index < -0.39 is 0 Å². The van der Waals surface area contributed by atoms with Crippen LogP contribution in [0, 0.1) is 12.3 Å². The first-order chi connectivity index (χ1) is 13.9. The molecule has 7 nitrogen and oxygen atoms in total. The Labute approximate surface area is 170 Å². The molecule has 0 bridgehead atoms. The van der Waals surface area contributed by atoms with Crippen molar-refractivity contribution in [3.63, 3.8) is 0 Å². The van der Waals surface area contributed by atoms with E-state index in [4.69, 9.17) is 20.3 Å². The SMILES string of the molecule is Cc1nc2c(o1)CN(c1cc(C(=N)c3cc(OC(C)C)ccc3N)ccn1)CC2. The topological polar surface area (TPSA) is 101 Å². The zero-order valence-electron chi connectivity index (χ0n) is 16.9. The van der Waals surface area contributed by atoms with Gasteiger partial charge in [0.2, 0.25) is 0 Å². The molecule has 0 amide bonds. The number of aromatic nitrogens is 2. The van der Waals surface area contributed by atoms with E-state index in [0.29, 0.717) is 35.1 Å². The van der Waals surface area contributed by atoms with Gasteiger partial charge in [0.1, 0.15) is 17.3 Å². The summed E-state index contributed by atoms with van der Waals surface area (Å²) in [6.45, 7) is 7.24. The minimum absolute atomic E-state index is 0.0527. The van der Waals surface area contributed by atoms with Crippen molar-refractivity contribution in [3.05, 3.63) is 65.0 Å². The number of oxazole rings is 1. The van der Waals surface area contributed by atoms with Gasteiger partial charge in [-0.3, -0.25) is 5.41 Å². The Morgan fingerprint density at radius 3 is 2.90 bits per heavy atom. The molecule has 0 saturated carbocycles. The zero-order valence-corrected chi connectivity index (χ0v) is 16.9. The van der Waals surface area contributed by atoms with Crippen LogP contribution in [0.3, 0.4) is 0 Å². The quantitative estimate of drug-likeness (QED) is 0.508. The van der Waals surface area contributed by atoms with Crippen LogP contribution in [0.4, 0.5) is 11.5 Å². The smallest absolute Gasteiger partial charge is 0.191 e. The van der Waals surface area contributed by atoms with Gasteiger partial charge in [-0.2, -0.15) is 0 Å². The molecule has 1 aliphatic heterocycles. The first kappa shape index (κ1) is 19.0. The number of nitrogens with two attached hydrogens (primary N) is 1. The summed E-state index contributed by atoms with van der Waals surface area (Å²) < 4.78 is 11.5. The molecule has 2 aromatic heterocycles. The van der Waals surface area contributed by atoms with Crippen LogP contribution in [0.25, 0.3) is 0 Å². The van der Waals surface area contributed by atoms with Crippen molar-refractivity contribution in [2.75, 3.05) is 17.2 Å². The molecule has 0 saturated heterocycles. The van der Waals surface area contributed by atoms with Gasteiger partial charge in [-0.05, 0) is 44.2 Å². The van der Waals surface area contributed by atoms with Crippen LogP contribution in [0.1, 0.15) is 42.3 Å². The van der Waals surface area contributed by atoms with E-state index in [2.05, 4.69) is 14.9 Å². The van der Waals surface area contributed by atoms with Crippen LogP contribution in [0.2, 0.25) is 0 Å². The number of rotatable bonds is 5. The number of hydrogen-bond acceptors (Lipinski definition) is 7. The molecule has 3 aromatic rings. The zero-order chi connectivity index (χ0) is 20.5. The van der Waals surface area contributed by atoms with Gasteiger partial charge in [-0.1, -0.05) is 0 Å². The van der Waals surface area contributed by atoms with Crippen LogP contribution in [0.15, 0.2) is 40.9 Å². The van der Waals surface area contributed by atoms with Crippen LogP contribution < -0.4 is 15.4 Å². The van der Waals surface area contributed by atoms with Crippen molar-refractivity contribution in [1.29, 1.82) is 5.41 Å². The molecule has 3 heterocycles. The summed E-state index contributed by atoms with van der Waals surface area (Å²) in [5.41, 5.74) is 9.46. The fourth-order valence-corrected chi connectivity index (χ4v) is 3.52. The number of pyridine rings is 1. The lowest BCUT2D eigenvalue weighted by Gasteiger charge is -2.26. The largest absolute Gasteiger partial charge is 0.491 e. The lowest BCUT2D eigenvalue weighted by Crippen LogP contribution is -2.30. The Morgan fingerprint density at radius 1 is 1.28 bits per heavy atom. The molecule has 0 atom stereocenters. The predicted octanol–water partition coefficient (Wildman–Crippen LogP) is 3.73. The third-order valence-corrected chi connectivity index (χ3v) is 4.86. The number of aryl methyl sites for hydroxylation is 1. The summed E-state index contributed by atoms with van der Waals surface area (Å²) in [7, 11) is 0. The van der Waals surface area contributed by atoms with Gasteiger partial charge >= 0.3 is 0 Å². The highest BCUT2D eigenvalue weighted by Gasteiger charge is 2.23. The Bertz CT molecular complexity index is 1060. The first-order valence-electron chi connectivity index (χ1n) is 9.72. The second-order valence-corrected chi connectivity index (χ2v) is 7.47. The lowest BCUT2D eigenvalue weighted by atomic mass is 10.0. The highest BCUT2D eigenvalue weighted by atomic mass is 16.5. The van der Waals surface area contributed by atoms with Gasteiger partial charge in [-0.15, -0.1) is 0 Å². The summed E-state index contributed by atoms with van der Waals surface area (Å²) in [6, 6.07) is 9.18. The molecular formula is C22H25N5O2. The average molecular weight is 391 g/mol. The van der Waals surface area contributed by atoms with E-state index in [0.717, 1.165) is 35.8 Å². The second-order valence-electron chi connectivity index (χ2n) is 7.47. The minimum Gasteiger partial charge on any atom is -0.491 e. The third-order valence-electron chi connectivity index (χ3n) is 4.86. The van der Waals surface area contributed by atoms with E-state index in [-0.39, 0.29) is 6.10 Å². The molecule has 0 spiro atoms. The summed E-state index contributed by atoms with van der Waals surface area (Å²) in [5.74, 6) is 3.09. The van der Waals surface area contributed by atoms with Gasteiger partial charge in [0.25, 0.3) is 0 Å². The minimum atomic E-state index is 0.0527. The van der Waals surface area contributed by atoms with Crippen molar-refractivity contribution in [2.24, 2.45) is 0 Å². The van der Waals surface area contributed by atoms with Crippen LogP contribution in [-0.4, -0.2) is 28.3 Å². The van der Waals surface area contributed by atoms with Gasteiger partial charge < -0.3 is 19.8 Å². The van der Waals surface area contributed by atoms with E-state index >= 15 is 0 Å². The fraction of sp³-hybridized carbons (Fsp3) is 0.318. The molecule has 0 fully saturated rings. The molecule has 150 valence electrons. The Kier molecular flexibility index (Phi) is 4.96. The van der Waals surface area contributed by atoms with E-state index in [1.54, 1.807) is 12.3 Å². The molecule has 0 unspecified atom stereocenters.